The molecule has 0 saturated heterocycles. The van der Waals surface area contributed by atoms with Crippen LogP contribution in [-0.4, -0.2) is 40.6 Å². The van der Waals surface area contributed by atoms with Crippen molar-refractivity contribution in [1.29, 1.82) is 0 Å². The molecule has 2 amide bonds. The van der Waals surface area contributed by atoms with Crippen molar-refractivity contribution in [2.75, 3.05) is 6.54 Å². The predicted molar refractivity (Wildman–Crippen MR) is 64.8 cm³/mol. The van der Waals surface area contributed by atoms with Gasteiger partial charge in [0, 0.05) is 12.6 Å². The molecule has 1 saturated carbocycles. The molecule has 17 heavy (non-hydrogen) atoms. The van der Waals surface area contributed by atoms with Crippen molar-refractivity contribution in [2.45, 2.75) is 52.1 Å². The molecule has 5 nitrogen and oxygen atoms in total. The maximum Gasteiger partial charge on any atom is 0.326 e. The maximum atomic E-state index is 12.0. The van der Waals surface area contributed by atoms with Gasteiger partial charge < -0.3 is 15.3 Å². The van der Waals surface area contributed by atoms with Crippen LogP contribution in [0.2, 0.25) is 0 Å². The van der Waals surface area contributed by atoms with E-state index in [9.17, 15) is 9.59 Å². The Kier molecular flexibility index (Phi) is 4.78. The minimum Gasteiger partial charge on any atom is -0.480 e. The van der Waals surface area contributed by atoms with Gasteiger partial charge in [-0.1, -0.05) is 20.8 Å². The van der Waals surface area contributed by atoms with Crippen LogP contribution in [0, 0.1) is 5.92 Å². The molecule has 1 atom stereocenters. The van der Waals surface area contributed by atoms with Gasteiger partial charge in [0.25, 0.3) is 0 Å². The molecule has 0 radical (unpaired) electrons. The molecule has 98 valence electrons. The topological polar surface area (TPSA) is 69.6 Å². The number of nitrogens with one attached hydrogen (secondary N) is 1. The van der Waals surface area contributed by atoms with Gasteiger partial charge in [0.15, 0.2) is 0 Å². The van der Waals surface area contributed by atoms with E-state index in [0.717, 1.165) is 19.3 Å². The Bertz CT molecular complexity index is 287. The zero-order valence-corrected chi connectivity index (χ0v) is 10.8. The number of carbonyl (C=O) groups is 2. The largest absolute Gasteiger partial charge is 0.480 e. The molecular weight excluding hydrogens is 220 g/mol. The molecule has 0 spiro atoms. The monoisotopic (exact) mass is 242 g/mol. The van der Waals surface area contributed by atoms with E-state index >= 15 is 0 Å². The van der Waals surface area contributed by atoms with Gasteiger partial charge in [-0.15, -0.1) is 0 Å². The summed E-state index contributed by atoms with van der Waals surface area (Å²) in [4.78, 5) is 24.8. The van der Waals surface area contributed by atoms with Crippen molar-refractivity contribution in [3.05, 3.63) is 0 Å². The summed E-state index contributed by atoms with van der Waals surface area (Å²) < 4.78 is 0. The number of nitrogens with zero attached hydrogens (tertiary/aromatic N) is 1. The lowest BCUT2D eigenvalue weighted by Crippen LogP contribution is -2.51. The fourth-order valence-corrected chi connectivity index (χ4v) is 1.81. The van der Waals surface area contributed by atoms with Crippen LogP contribution in [0.1, 0.15) is 40.0 Å². The minimum absolute atomic E-state index is 0.112. The Labute approximate surface area is 102 Å². The van der Waals surface area contributed by atoms with Crippen LogP contribution in [0.25, 0.3) is 0 Å². The normalized spacial score (nSPS) is 16.7. The van der Waals surface area contributed by atoms with E-state index in [0.29, 0.717) is 12.6 Å². The lowest BCUT2D eigenvalue weighted by Gasteiger charge is -2.26. The average Bonchev–Trinajstić information content (AvgIpc) is 3.04. The lowest BCUT2D eigenvalue weighted by atomic mass is 10.1. The van der Waals surface area contributed by atoms with Gasteiger partial charge in [-0.3, -0.25) is 0 Å². The van der Waals surface area contributed by atoms with Gasteiger partial charge in [0.1, 0.15) is 6.04 Å². The molecule has 0 bridgehead atoms. The molecule has 2 N–H and O–H groups in total. The van der Waals surface area contributed by atoms with Crippen molar-refractivity contribution in [1.82, 2.24) is 10.2 Å². The summed E-state index contributed by atoms with van der Waals surface area (Å²) >= 11 is 0. The van der Waals surface area contributed by atoms with E-state index in [1.807, 2.05) is 6.92 Å². The van der Waals surface area contributed by atoms with Crippen molar-refractivity contribution >= 4 is 12.0 Å². The predicted octanol–water partition coefficient (Wildman–Crippen LogP) is 1.68. The van der Waals surface area contributed by atoms with Crippen LogP contribution < -0.4 is 5.32 Å². The van der Waals surface area contributed by atoms with Gasteiger partial charge in [-0.2, -0.15) is 0 Å². The number of amides is 2. The first kappa shape index (κ1) is 13.8. The van der Waals surface area contributed by atoms with E-state index in [1.165, 1.54) is 0 Å². The first-order chi connectivity index (χ1) is 7.97. The summed E-state index contributed by atoms with van der Waals surface area (Å²) in [5, 5.41) is 11.6. The zero-order valence-electron chi connectivity index (χ0n) is 10.8. The molecule has 0 aliphatic heterocycles. The van der Waals surface area contributed by atoms with Crippen LogP contribution in [0.15, 0.2) is 0 Å². The quantitative estimate of drug-likeness (QED) is 0.744. The van der Waals surface area contributed by atoms with E-state index < -0.39 is 12.0 Å². The third-order valence-corrected chi connectivity index (χ3v) is 2.92. The van der Waals surface area contributed by atoms with Gasteiger partial charge in [-0.05, 0) is 25.2 Å². The standard InChI is InChI=1S/C12H22N2O3/c1-4-7-14(9-5-6-9)12(17)13-10(8(2)3)11(15)16/h8-10H,4-7H2,1-3H3,(H,13,17)(H,15,16). The van der Waals surface area contributed by atoms with Crippen LogP contribution >= 0.6 is 0 Å². The fraction of sp³-hybridized carbons (Fsp3) is 0.833. The lowest BCUT2D eigenvalue weighted by molar-refractivity contribution is -0.140. The Morgan fingerprint density at radius 1 is 1.41 bits per heavy atom. The third-order valence-electron chi connectivity index (χ3n) is 2.92. The number of carbonyl (C=O) groups excluding carboxylic acids is 1. The van der Waals surface area contributed by atoms with E-state index in [1.54, 1.807) is 18.7 Å². The summed E-state index contributed by atoms with van der Waals surface area (Å²) in [5.74, 6) is -1.08. The van der Waals surface area contributed by atoms with E-state index in [-0.39, 0.29) is 11.9 Å². The number of carboxylic acid groups (broad SMARTS) is 1. The fourth-order valence-electron chi connectivity index (χ4n) is 1.81. The van der Waals surface area contributed by atoms with Crippen molar-refractivity contribution in [3.63, 3.8) is 0 Å². The van der Waals surface area contributed by atoms with Crippen LogP contribution in [0.4, 0.5) is 4.79 Å². The van der Waals surface area contributed by atoms with Gasteiger partial charge in [0.05, 0.1) is 0 Å². The number of carboxylic acids is 1. The molecule has 1 unspecified atom stereocenters. The smallest absolute Gasteiger partial charge is 0.326 e. The Balaban J connectivity index is 2.57. The molecular formula is C12H22N2O3. The average molecular weight is 242 g/mol. The molecule has 5 heteroatoms. The number of rotatable bonds is 6. The molecule has 0 aromatic rings. The van der Waals surface area contributed by atoms with Crippen molar-refractivity contribution in [2.24, 2.45) is 5.92 Å². The highest BCUT2D eigenvalue weighted by atomic mass is 16.4. The highest BCUT2D eigenvalue weighted by Crippen LogP contribution is 2.27. The highest BCUT2D eigenvalue weighted by Gasteiger charge is 2.34. The molecule has 0 aromatic heterocycles. The summed E-state index contributed by atoms with van der Waals surface area (Å²) in [7, 11) is 0. The molecule has 0 aromatic carbocycles. The SMILES string of the molecule is CCCN(C(=O)NC(C(=O)O)C(C)C)C1CC1. The van der Waals surface area contributed by atoms with Gasteiger partial charge in [0.2, 0.25) is 0 Å². The molecule has 1 rings (SSSR count). The van der Waals surface area contributed by atoms with Crippen LogP contribution in [0.3, 0.4) is 0 Å². The summed E-state index contributed by atoms with van der Waals surface area (Å²) in [6, 6.07) is -0.729. The second kappa shape index (κ2) is 5.89. The summed E-state index contributed by atoms with van der Waals surface area (Å²) in [5.41, 5.74) is 0. The molecule has 0 heterocycles. The number of hydrogen-bond acceptors (Lipinski definition) is 2. The molecule has 1 aliphatic rings. The van der Waals surface area contributed by atoms with Crippen molar-refractivity contribution < 1.29 is 14.7 Å². The number of hydrogen-bond donors (Lipinski definition) is 2. The molecule has 1 fully saturated rings. The zero-order chi connectivity index (χ0) is 13.0. The molecule has 1 aliphatic carbocycles. The number of urea groups is 1. The Morgan fingerprint density at radius 2 is 2.00 bits per heavy atom. The minimum atomic E-state index is -0.972. The van der Waals surface area contributed by atoms with Crippen LogP contribution in [0.5, 0.6) is 0 Å². The second-order valence-corrected chi connectivity index (χ2v) is 4.93. The maximum absolute atomic E-state index is 12.0. The Hall–Kier alpha value is -1.26. The van der Waals surface area contributed by atoms with E-state index in [2.05, 4.69) is 5.32 Å². The van der Waals surface area contributed by atoms with Gasteiger partial charge >= 0.3 is 12.0 Å². The van der Waals surface area contributed by atoms with Crippen molar-refractivity contribution in [3.8, 4) is 0 Å². The summed E-state index contributed by atoms with van der Waals surface area (Å²) in [6.07, 6.45) is 2.96. The third kappa shape index (κ3) is 3.91. The van der Waals surface area contributed by atoms with Gasteiger partial charge in [-0.25, -0.2) is 9.59 Å². The van der Waals surface area contributed by atoms with Crippen LogP contribution in [-0.2, 0) is 4.79 Å². The summed E-state index contributed by atoms with van der Waals surface area (Å²) in [6.45, 7) is 6.29. The first-order valence-electron chi connectivity index (χ1n) is 6.27. The number of aliphatic carboxylic acids is 1. The van der Waals surface area contributed by atoms with E-state index in [4.69, 9.17) is 5.11 Å². The first-order valence-corrected chi connectivity index (χ1v) is 6.27. The Morgan fingerprint density at radius 3 is 2.35 bits per heavy atom. The second-order valence-electron chi connectivity index (χ2n) is 4.93. The highest BCUT2D eigenvalue weighted by molar-refractivity contribution is 5.83.